The van der Waals surface area contributed by atoms with Crippen LogP contribution in [0.3, 0.4) is 0 Å². The van der Waals surface area contributed by atoms with Gasteiger partial charge >= 0.3 is 0 Å². The van der Waals surface area contributed by atoms with Crippen LogP contribution in [0.5, 0.6) is 0 Å². The van der Waals surface area contributed by atoms with E-state index in [-0.39, 0.29) is 5.91 Å². The number of rotatable bonds is 5. The third kappa shape index (κ3) is 3.60. The van der Waals surface area contributed by atoms with Crippen molar-refractivity contribution in [2.75, 3.05) is 13.6 Å². The van der Waals surface area contributed by atoms with E-state index in [1.54, 1.807) is 4.90 Å². The fraction of sp³-hybridized carbons (Fsp3) is 0.130. The lowest BCUT2D eigenvalue weighted by Crippen LogP contribution is -2.29. The zero-order chi connectivity index (χ0) is 18.6. The highest BCUT2D eigenvalue weighted by Crippen LogP contribution is 2.23. The molecule has 0 spiro atoms. The highest BCUT2D eigenvalue weighted by molar-refractivity contribution is 6.05. The average molecular weight is 355 g/mol. The lowest BCUT2D eigenvalue weighted by molar-refractivity contribution is 0.0798. The predicted molar refractivity (Wildman–Crippen MR) is 109 cm³/mol. The van der Waals surface area contributed by atoms with Gasteiger partial charge in [0.05, 0.1) is 11.1 Å². The molecule has 0 aliphatic rings. The number of hydrogen-bond acceptors (Lipinski definition) is 2. The molecule has 0 unspecified atom stereocenters. The van der Waals surface area contributed by atoms with Gasteiger partial charge in [-0.05, 0) is 24.1 Å². The number of carbonyl (C=O) groups is 1. The second kappa shape index (κ2) is 7.46. The first kappa shape index (κ1) is 17.0. The lowest BCUT2D eigenvalue weighted by Gasteiger charge is -2.17. The van der Waals surface area contributed by atoms with Gasteiger partial charge in [0.25, 0.3) is 5.91 Å². The van der Waals surface area contributed by atoms with E-state index in [4.69, 9.17) is 4.98 Å². The standard InChI is InChI=1S/C23H21N3O/c1-26(16-15-17-9-4-2-5-10-17)23(27)19-13-8-14-20-21(19)25-22(24-20)18-11-6-3-7-12-18/h2-14H,15-16H2,1H3,(H,24,25). The Morgan fingerprint density at radius 2 is 1.63 bits per heavy atom. The normalized spacial score (nSPS) is 10.9. The van der Waals surface area contributed by atoms with Crippen LogP contribution >= 0.6 is 0 Å². The van der Waals surface area contributed by atoms with Crippen molar-refractivity contribution in [2.45, 2.75) is 6.42 Å². The number of para-hydroxylation sites is 1. The quantitative estimate of drug-likeness (QED) is 0.571. The first-order valence-corrected chi connectivity index (χ1v) is 9.06. The van der Waals surface area contributed by atoms with Crippen molar-refractivity contribution in [3.8, 4) is 11.4 Å². The maximum atomic E-state index is 13.0. The number of benzene rings is 3. The molecule has 0 saturated carbocycles. The van der Waals surface area contributed by atoms with Gasteiger partial charge in [-0.25, -0.2) is 4.98 Å². The van der Waals surface area contributed by atoms with E-state index in [0.717, 1.165) is 23.3 Å². The van der Waals surface area contributed by atoms with E-state index in [1.165, 1.54) is 5.56 Å². The Labute approximate surface area is 158 Å². The van der Waals surface area contributed by atoms with Gasteiger partial charge in [-0.1, -0.05) is 66.7 Å². The predicted octanol–water partition coefficient (Wildman–Crippen LogP) is 4.54. The van der Waals surface area contributed by atoms with Crippen LogP contribution < -0.4 is 0 Å². The van der Waals surface area contributed by atoms with Crippen LogP contribution in [0.4, 0.5) is 0 Å². The molecule has 27 heavy (non-hydrogen) atoms. The van der Waals surface area contributed by atoms with Crippen molar-refractivity contribution >= 4 is 16.9 Å². The van der Waals surface area contributed by atoms with Crippen LogP contribution in [0.2, 0.25) is 0 Å². The number of aromatic amines is 1. The maximum absolute atomic E-state index is 13.0. The summed E-state index contributed by atoms with van der Waals surface area (Å²) in [7, 11) is 1.84. The molecule has 4 heteroatoms. The van der Waals surface area contributed by atoms with E-state index in [9.17, 15) is 4.79 Å². The van der Waals surface area contributed by atoms with Crippen molar-refractivity contribution in [3.05, 3.63) is 90.0 Å². The van der Waals surface area contributed by atoms with Gasteiger partial charge < -0.3 is 9.88 Å². The van der Waals surface area contributed by atoms with Crippen molar-refractivity contribution in [2.24, 2.45) is 0 Å². The summed E-state index contributed by atoms with van der Waals surface area (Å²) in [5.74, 6) is 0.764. The second-order valence-electron chi connectivity index (χ2n) is 6.62. The van der Waals surface area contributed by atoms with Gasteiger partial charge in [-0.3, -0.25) is 4.79 Å². The van der Waals surface area contributed by atoms with Crippen LogP contribution in [-0.2, 0) is 6.42 Å². The Morgan fingerprint density at radius 3 is 2.37 bits per heavy atom. The number of nitrogens with zero attached hydrogens (tertiary/aromatic N) is 2. The van der Waals surface area contributed by atoms with Crippen LogP contribution in [0.1, 0.15) is 15.9 Å². The van der Waals surface area contributed by atoms with Gasteiger partial charge in [0.2, 0.25) is 0 Å². The van der Waals surface area contributed by atoms with Crippen molar-refractivity contribution < 1.29 is 4.79 Å². The molecule has 0 radical (unpaired) electrons. The van der Waals surface area contributed by atoms with Gasteiger partial charge in [-0.2, -0.15) is 0 Å². The number of nitrogens with one attached hydrogen (secondary N) is 1. The summed E-state index contributed by atoms with van der Waals surface area (Å²) in [5, 5.41) is 0. The minimum Gasteiger partial charge on any atom is -0.341 e. The van der Waals surface area contributed by atoms with Gasteiger partial charge in [0, 0.05) is 19.2 Å². The Morgan fingerprint density at radius 1 is 0.926 bits per heavy atom. The molecule has 0 atom stereocenters. The molecule has 0 saturated heterocycles. The molecule has 0 bridgehead atoms. The molecular formula is C23H21N3O. The van der Waals surface area contributed by atoms with Gasteiger partial charge in [-0.15, -0.1) is 0 Å². The number of aromatic nitrogens is 2. The smallest absolute Gasteiger partial charge is 0.255 e. The van der Waals surface area contributed by atoms with E-state index in [0.29, 0.717) is 17.6 Å². The zero-order valence-corrected chi connectivity index (χ0v) is 15.2. The Kier molecular flexibility index (Phi) is 4.71. The summed E-state index contributed by atoms with van der Waals surface area (Å²) >= 11 is 0. The molecule has 4 nitrogen and oxygen atoms in total. The van der Waals surface area contributed by atoms with Crippen molar-refractivity contribution in [3.63, 3.8) is 0 Å². The Bertz CT molecular complexity index is 1050. The first-order chi connectivity index (χ1) is 13.2. The topological polar surface area (TPSA) is 49.0 Å². The average Bonchev–Trinajstić information content (AvgIpc) is 3.17. The number of fused-ring (bicyclic) bond motifs is 1. The van der Waals surface area contributed by atoms with Crippen LogP contribution in [0.25, 0.3) is 22.4 Å². The molecular weight excluding hydrogens is 334 g/mol. The summed E-state index contributed by atoms with van der Waals surface area (Å²) in [6, 6.07) is 25.8. The molecule has 1 N–H and O–H groups in total. The van der Waals surface area contributed by atoms with E-state index in [1.807, 2.05) is 73.8 Å². The minimum atomic E-state index is -0.0114. The van der Waals surface area contributed by atoms with Crippen LogP contribution in [-0.4, -0.2) is 34.4 Å². The number of amides is 1. The second-order valence-corrected chi connectivity index (χ2v) is 6.62. The van der Waals surface area contributed by atoms with E-state index >= 15 is 0 Å². The third-order valence-corrected chi connectivity index (χ3v) is 4.72. The summed E-state index contributed by atoms with van der Waals surface area (Å²) < 4.78 is 0. The number of likely N-dealkylation sites (N-methyl/N-ethyl adjacent to an activating group) is 1. The third-order valence-electron chi connectivity index (χ3n) is 4.72. The monoisotopic (exact) mass is 355 g/mol. The fourth-order valence-corrected chi connectivity index (χ4v) is 3.19. The molecule has 0 aliphatic carbocycles. The summed E-state index contributed by atoms with van der Waals surface area (Å²) in [6.07, 6.45) is 0.828. The molecule has 134 valence electrons. The Hall–Kier alpha value is -3.40. The molecule has 1 heterocycles. The van der Waals surface area contributed by atoms with Gasteiger partial charge in [0.1, 0.15) is 11.3 Å². The highest BCUT2D eigenvalue weighted by atomic mass is 16.2. The number of H-pyrrole nitrogens is 1. The highest BCUT2D eigenvalue weighted by Gasteiger charge is 2.17. The number of imidazole rings is 1. The molecule has 4 rings (SSSR count). The summed E-state index contributed by atoms with van der Waals surface area (Å²) in [4.78, 5) is 22.8. The molecule has 1 aromatic heterocycles. The largest absolute Gasteiger partial charge is 0.341 e. The molecule has 1 amide bonds. The molecule has 4 aromatic rings. The molecule has 3 aromatic carbocycles. The lowest BCUT2D eigenvalue weighted by atomic mass is 10.1. The van der Waals surface area contributed by atoms with E-state index in [2.05, 4.69) is 17.1 Å². The zero-order valence-electron chi connectivity index (χ0n) is 15.2. The van der Waals surface area contributed by atoms with Gasteiger partial charge in [0.15, 0.2) is 0 Å². The summed E-state index contributed by atoms with van der Waals surface area (Å²) in [5.41, 5.74) is 4.44. The van der Waals surface area contributed by atoms with E-state index < -0.39 is 0 Å². The molecule has 0 fully saturated rings. The van der Waals surface area contributed by atoms with Crippen LogP contribution in [0.15, 0.2) is 78.9 Å². The Balaban J connectivity index is 1.59. The van der Waals surface area contributed by atoms with Crippen molar-refractivity contribution in [1.29, 1.82) is 0 Å². The maximum Gasteiger partial charge on any atom is 0.255 e. The van der Waals surface area contributed by atoms with Crippen LogP contribution in [0, 0.1) is 0 Å². The first-order valence-electron chi connectivity index (χ1n) is 9.06. The number of hydrogen-bond donors (Lipinski definition) is 1. The minimum absolute atomic E-state index is 0.0114. The summed E-state index contributed by atoms with van der Waals surface area (Å²) in [6.45, 7) is 0.662. The SMILES string of the molecule is CN(CCc1ccccc1)C(=O)c1cccc2[nH]c(-c3ccccc3)nc12. The molecule has 0 aliphatic heterocycles. The van der Waals surface area contributed by atoms with Crippen molar-refractivity contribution in [1.82, 2.24) is 14.9 Å². The number of carbonyl (C=O) groups excluding carboxylic acids is 1. The fourth-order valence-electron chi connectivity index (χ4n) is 3.19.